The average Bonchev–Trinajstić information content (AvgIpc) is 3.25. The van der Waals surface area contributed by atoms with Crippen molar-refractivity contribution in [3.63, 3.8) is 0 Å². The molecule has 4 rings (SSSR count). The third-order valence-electron chi connectivity index (χ3n) is 5.27. The Morgan fingerprint density at radius 1 is 1.03 bits per heavy atom. The van der Waals surface area contributed by atoms with Crippen LogP contribution >= 0.6 is 11.8 Å². The number of methoxy groups -OCH3 is 2. The highest BCUT2D eigenvalue weighted by molar-refractivity contribution is 7.99. The number of nitrogens with zero attached hydrogens (tertiary/aromatic N) is 3. The van der Waals surface area contributed by atoms with E-state index < -0.39 is 5.97 Å². The Hall–Kier alpha value is -4.31. The topological polar surface area (TPSA) is 104 Å². The summed E-state index contributed by atoms with van der Waals surface area (Å²) >= 11 is 1.34. The molecule has 0 aliphatic carbocycles. The predicted octanol–water partition coefficient (Wildman–Crippen LogP) is 4.27. The summed E-state index contributed by atoms with van der Waals surface area (Å²) < 4.78 is 17.9. The minimum absolute atomic E-state index is 0.132. The molecule has 190 valence electrons. The third kappa shape index (κ3) is 6.47. The van der Waals surface area contributed by atoms with Crippen molar-refractivity contribution in [1.82, 2.24) is 15.0 Å². The van der Waals surface area contributed by atoms with Gasteiger partial charge in [-0.3, -0.25) is 9.59 Å². The van der Waals surface area contributed by atoms with E-state index in [-0.39, 0.29) is 17.4 Å². The van der Waals surface area contributed by atoms with E-state index >= 15 is 0 Å². The Labute approximate surface area is 218 Å². The highest BCUT2D eigenvalue weighted by atomic mass is 32.2. The third-order valence-corrected chi connectivity index (χ3v) is 6.24. The van der Waals surface area contributed by atoms with Crippen LogP contribution < -0.4 is 19.6 Å². The molecule has 0 spiro atoms. The van der Waals surface area contributed by atoms with E-state index in [0.717, 1.165) is 21.8 Å². The Bertz CT molecular complexity index is 1410. The lowest BCUT2D eigenvalue weighted by molar-refractivity contribution is -0.132. The van der Waals surface area contributed by atoms with Gasteiger partial charge in [0.2, 0.25) is 5.75 Å². The van der Waals surface area contributed by atoms with E-state index in [1.54, 1.807) is 12.1 Å². The number of carbonyl (C=O) groups is 2. The molecular weight excluding hydrogens is 492 g/mol. The number of ether oxygens (including phenoxy) is 3. The number of amides is 1. The number of fused-ring (bicyclic) bond motifs is 1. The zero-order valence-corrected chi connectivity index (χ0v) is 21.5. The Morgan fingerprint density at radius 2 is 1.70 bits per heavy atom. The number of para-hydroxylation sites is 2. The molecule has 1 amide bonds. The molecule has 0 atom stereocenters. The normalized spacial score (nSPS) is 11.0. The summed E-state index contributed by atoms with van der Waals surface area (Å²) in [6.45, 7) is 1.94. The standard InChI is InChI=1S/C27H26N4O5S/c1-18(32)36-26-23(34-2)13-20(14-24(26)35-3)15-28-30-25(33)17-37-27-29-21-11-7-8-12-22(21)31(27)16-19-9-5-4-6-10-19/h4-15H,16-17H2,1-3H3,(H,30,33)/b28-15+. The van der Waals surface area contributed by atoms with Crippen LogP contribution in [0.3, 0.4) is 0 Å². The lowest BCUT2D eigenvalue weighted by Crippen LogP contribution is -2.20. The number of carbonyl (C=O) groups excluding carboxylic acids is 2. The van der Waals surface area contributed by atoms with Gasteiger partial charge in [-0.15, -0.1) is 0 Å². The molecule has 37 heavy (non-hydrogen) atoms. The van der Waals surface area contributed by atoms with E-state index in [1.165, 1.54) is 39.1 Å². The van der Waals surface area contributed by atoms with Gasteiger partial charge >= 0.3 is 5.97 Å². The molecule has 0 saturated heterocycles. The molecule has 1 N–H and O–H groups in total. The summed E-state index contributed by atoms with van der Waals surface area (Å²) in [5.41, 5.74) is 6.14. The van der Waals surface area contributed by atoms with Crippen molar-refractivity contribution >= 4 is 40.9 Å². The first-order valence-corrected chi connectivity index (χ1v) is 12.4. The van der Waals surface area contributed by atoms with Crippen LogP contribution in [0.25, 0.3) is 11.0 Å². The minimum Gasteiger partial charge on any atom is -0.493 e. The van der Waals surface area contributed by atoms with E-state index in [4.69, 9.17) is 19.2 Å². The van der Waals surface area contributed by atoms with Crippen LogP contribution in [0.15, 0.2) is 77.0 Å². The van der Waals surface area contributed by atoms with Gasteiger partial charge in [0.1, 0.15) is 0 Å². The second-order valence-electron chi connectivity index (χ2n) is 7.88. The first-order chi connectivity index (χ1) is 18.0. The Kier molecular flexibility index (Phi) is 8.42. The summed E-state index contributed by atoms with van der Waals surface area (Å²) in [5, 5.41) is 4.79. The quantitative estimate of drug-likeness (QED) is 0.110. The monoisotopic (exact) mass is 518 g/mol. The zero-order chi connectivity index (χ0) is 26.2. The number of benzene rings is 3. The van der Waals surface area contributed by atoms with Crippen LogP contribution in [0.2, 0.25) is 0 Å². The number of nitrogens with one attached hydrogen (secondary N) is 1. The number of imidazole rings is 1. The van der Waals surface area contributed by atoms with Crippen LogP contribution in [0.4, 0.5) is 0 Å². The van der Waals surface area contributed by atoms with Crippen molar-refractivity contribution in [3.8, 4) is 17.2 Å². The summed E-state index contributed by atoms with van der Waals surface area (Å²) in [6, 6.07) is 21.3. The van der Waals surface area contributed by atoms with E-state index in [9.17, 15) is 9.59 Å². The van der Waals surface area contributed by atoms with Crippen molar-refractivity contribution < 1.29 is 23.8 Å². The van der Waals surface area contributed by atoms with Crippen LogP contribution in [0.5, 0.6) is 17.2 Å². The van der Waals surface area contributed by atoms with Gasteiger partial charge in [-0.05, 0) is 29.8 Å². The molecule has 1 heterocycles. The van der Waals surface area contributed by atoms with Crippen molar-refractivity contribution in [3.05, 3.63) is 77.9 Å². The second-order valence-corrected chi connectivity index (χ2v) is 8.83. The summed E-state index contributed by atoms with van der Waals surface area (Å²) in [7, 11) is 2.90. The number of hydrogen-bond acceptors (Lipinski definition) is 8. The molecule has 4 aromatic rings. The van der Waals surface area contributed by atoms with Gasteiger partial charge in [0.25, 0.3) is 5.91 Å². The van der Waals surface area contributed by atoms with Crippen molar-refractivity contribution in [2.45, 2.75) is 18.6 Å². The van der Waals surface area contributed by atoms with Crippen molar-refractivity contribution in [2.75, 3.05) is 20.0 Å². The van der Waals surface area contributed by atoms with Gasteiger partial charge in [-0.25, -0.2) is 10.4 Å². The fourth-order valence-electron chi connectivity index (χ4n) is 3.64. The van der Waals surface area contributed by atoms with Crippen molar-refractivity contribution in [2.24, 2.45) is 5.10 Å². The van der Waals surface area contributed by atoms with Gasteiger partial charge in [0.15, 0.2) is 16.7 Å². The molecule has 1 aromatic heterocycles. The second kappa shape index (κ2) is 12.1. The smallest absolute Gasteiger partial charge is 0.308 e. The van der Waals surface area contributed by atoms with Gasteiger partial charge < -0.3 is 18.8 Å². The summed E-state index contributed by atoms with van der Waals surface area (Å²) in [4.78, 5) is 28.6. The molecule has 9 nitrogen and oxygen atoms in total. The maximum atomic E-state index is 12.5. The maximum Gasteiger partial charge on any atom is 0.308 e. The molecule has 0 saturated carbocycles. The van der Waals surface area contributed by atoms with Gasteiger partial charge in [-0.1, -0.05) is 54.2 Å². The molecule has 0 radical (unpaired) electrons. The van der Waals surface area contributed by atoms with E-state index in [0.29, 0.717) is 23.6 Å². The SMILES string of the molecule is COc1cc(/C=N/NC(=O)CSc2nc3ccccc3n2Cc2ccccc2)cc(OC)c1OC(C)=O. The fraction of sp³-hybridized carbons (Fsp3) is 0.185. The van der Waals surface area contributed by atoms with Crippen molar-refractivity contribution in [1.29, 1.82) is 0 Å². The maximum absolute atomic E-state index is 12.5. The lowest BCUT2D eigenvalue weighted by atomic mass is 10.2. The van der Waals surface area contributed by atoms with Crippen LogP contribution in [0, 0.1) is 0 Å². The Balaban J connectivity index is 1.43. The average molecular weight is 519 g/mol. The molecule has 0 unspecified atom stereocenters. The largest absolute Gasteiger partial charge is 0.493 e. The van der Waals surface area contributed by atoms with E-state index in [2.05, 4.69) is 27.2 Å². The summed E-state index contributed by atoms with van der Waals surface area (Å²) in [5.74, 6) is 0.127. The highest BCUT2D eigenvalue weighted by Gasteiger charge is 2.16. The summed E-state index contributed by atoms with van der Waals surface area (Å²) in [6.07, 6.45) is 1.45. The highest BCUT2D eigenvalue weighted by Crippen LogP contribution is 2.38. The van der Waals surface area contributed by atoms with Crippen LogP contribution in [-0.2, 0) is 16.1 Å². The van der Waals surface area contributed by atoms with Crippen LogP contribution in [0.1, 0.15) is 18.1 Å². The first-order valence-electron chi connectivity index (χ1n) is 11.4. The first kappa shape index (κ1) is 25.8. The number of hydrogen-bond donors (Lipinski definition) is 1. The molecule has 0 aliphatic heterocycles. The molecule has 0 aliphatic rings. The van der Waals surface area contributed by atoms with Gasteiger partial charge in [0, 0.05) is 12.5 Å². The Morgan fingerprint density at radius 3 is 2.38 bits per heavy atom. The molecular formula is C27H26N4O5S. The van der Waals surface area contributed by atoms with E-state index in [1.807, 2.05) is 42.5 Å². The number of esters is 1. The number of hydrazone groups is 1. The lowest BCUT2D eigenvalue weighted by Gasteiger charge is -2.13. The van der Waals surface area contributed by atoms with Gasteiger partial charge in [0.05, 0.1) is 43.8 Å². The number of rotatable bonds is 10. The fourth-order valence-corrected chi connectivity index (χ4v) is 4.45. The molecule has 0 bridgehead atoms. The number of aromatic nitrogens is 2. The molecule has 0 fully saturated rings. The molecule has 3 aromatic carbocycles. The minimum atomic E-state index is -0.500. The number of thioether (sulfide) groups is 1. The predicted molar refractivity (Wildman–Crippen MR) is 143 cm³/mol. The van der Waals surface area contributed by atoms with Gasteiger partial charge in [-0.2, -0.15) is 5.10 Å². The van der Waals surface area contributed by atoms with Crippen LogP contribution in [-0.4, -0.2) is 47.6 Å². The molecule has 10 heteroatoms. The zero-order valence-electron chi connectivity index (χ0n) is 20.6.